The van der Waals surface area contributed by atoms with Gasteiger partial charge in [0.25, 0.3) is 0 Å². The topological polar surface area (TPSA) is 60.0 Å². The van der Waals surface area contributed by atoms with Gasteiger partial charge in [-0.15, -0.1) is 0 Å². The molecule has 2 N–H and O–H groups in total. The van der Waals surface area contributed by atoms with E-state index in [9.17, 15) is 5.11 Å². The lowest BCUT2D eigenvalue weighted by molar-refractivity contribution is 0.00584. The van der Waals surface area contributed by atoms with E-state index in [1.807, 2.05) is 38.1 Å². The first-order valence-corrected chi connectivity index (χ1v) is 7.38. The van der Waals surface area contributed by atoms with E-state index in [2.05, 4.69) is 5.32 Å². The van der Waals surface area contributed by atoms with E-state index in [4.69, 9.17) is 14.2 Å². The Kier molecular flexibility index (Phi) is 9.01. The van der Waals surface area contributed by atoms with Gasteiger partial charge in [-0.3, -0.25) is 0 Å². The number of benzene rings is 1. The third kappa shape index (κ3) is 6.91. The van der Waals surface area contributed by atoms with Crippen LogP contribution >= 0.6 is 0 Å². The minimum Gasteiger partial charge on any atom is -0.496 e. The van der Waals surface area contributed by atoms with Crippen LogP contribution in [-0.2, 0) is 9.47 Å². The summed E-state index contributed by atoms with van der Waals surface area (Å²) in [4.78, 5) is 0. The third-order valence-electron chi connectivity index (χ3n) is 3.15. The zero-order valence-electron chi connectivity index (χ0n) is 13.2. The molecule has 5 heteroatoms. The number of aliphatic hydroxyl groups excluding tert-OH is 1. The van der Waals surface area contributed by atoms with Gasteiger partial charge in [-0.05, 0) is 19.9 Å². The minimum absolute atomic E-state index is 0.0965. The molecular weight excluding hydrogens is 270 g/mol. The second-order valence-electron chi connectivity index (χ2n) is 4.80. The van der Waals surface area contributed by atoms with E-state index < -0.39 is 6.10 Å². The SMILES string of the molecule is CCOCCOCC(O)CN[C@H](C)c1ccccc1OC. The van der Waals surface area contributed by atoms with Crippen molar-refractivity contribution in [2.45, 2.75) is 26.0 Å². The molecule has 0 aliphatic carbocycles. The molecule has 0 amide bonds. The maximum Gasteiger partial charge on any atom is 0.123 e. The van der Waals surface area contributed by atoms with Gasteiger partial charge in [0.1, 0.15) is 5.75 Å². The Labute approximate surface area is 127 Å². The van der Waals surface area contributed by atoms with Gasteiger partial charge in [0.15, 0.2) is 0 Å². The zero-order valence-corrected chi connectivity index (χ0v) is 13.2. The quantitative estimate of drug-likeness (QED) is 0.610. The number of ether oxygens (including phenoxy) is 3. The number of methoxy groups -OCH3 is 1. The van der Waals surface area contributed by atoms with Crippen molar-refractivity contribution in [3.8, 4) is 5.75 Å². The molecule has 1 aromatic rings. The van der Waals surface area contributed by atoms with E-state index >= 15 is 0 Å². The normalized spacial score (nSPS) is 13.9. The molecule has 21 heavy (non-hydrogen) atoms. The van der Waals surface area contributed by atoms with Crippen LogP contribution < -0.4 is 10.1 Å². The van der Waals surface area contributed by atoms with Crippen molar-refractivity contribution in [3.05, 3.63) is 29.8 Å². The van der Waals surface area contributed by atoms with E-state index in [0.717, 1.165) is 11.3 Å². The fourth-order valence-corrected chi connectivity index (χ4v) is 1.99. The number of nitrogens with one attached hydrogen (secondary N) is 1. The molecule has 1 unspecified atom stereocenters. The Balaban J connectivity index is 2.27. The van der Waals surface area contributed by atoms with Crippen LogP contribution in [0.3, 0.4) is 0 Å². The predicted octanol–water partition coefficient (Wildman–Crippen LogP) is 1.76. The zero-order chi connectivity index (χ0) is 15.5. The lowest BCUT2D eigenvalue weighted by atomic mass is 10.1. The van der Waals surface area contributed by atoms with Crippen LogP contribution in [0.15, 0.2) is 24.3 Å². The molecule has 0 fully saturated rings. The molecule has 0 saturated heterocycles. The van der Waals surface area contributed by atoms with Gasteiger partial charge in [-0.2, -0.15) is 0 Å². The maximum absolute atomic E-state index is 9.87. The van der Waals surface area contributed by atoms with Crippen molar-refractivity contribution in [1.82, 2.24) is 5.32 Å². The third-order valence-corrected chi connectivity index (χ3v) is 3.15. The summed E-state index contributed by atoms with van der Waals surface area (Å²) < 4.78 is 15.8. The molecule has 0 aromatic heterocycles. The number of hydrogen-bond donors (Lipinski definition) is 2. The molecule has 0 aliphatic heterocycles. The highest BCUT2D eigenvalue weighted by molar-refractivity contribution is 5.35. The van der Waals surface area contributed by atoms with Crippen molar-refractivity contribution < 1.29 is 19.3 Å². The summed E-state index contributed by atoms with van der Waals surface area (Å²) in [5.41, 5.74) is 1.07. The molecule has 1 aromatic carbocycles. The predicted molar refractivity (Wildman–Crippen MR) is 82.7 cm³/mol. The first-order chi connectivity index (χ1) is 10.2. The Morgan fingerprint density at radius 3 is 2.62 bits per heavy atom. The van der Waals surface area contributed by atoms with Gasteiger partial charge in [0.2, 0.25) is 0 Å². The summed E-state index contributed by atoms with van der Waals surface area (Å²) in [5, 5.41) is 13.2. The standard InChI is InChI=1S/C16H27NO4/c1-4-20-9-10-21-12-14(18)11-17-13(2)15-7-5-6-8-16(15)19-3/h5-8,13-14,17-18H,4,9-12H2,1-3H3/t13-,14?/m1/s1. The van der Waals surface area contributed by atoms with Crippen LogP contribution in [0.5, 0.6) is 5.75 Å². The van der Waals surface area contributed by atoms with Crippen molar-refractivity contribution in [2.24, 2.45) is 0 Å². The molecule has 2 atom stereocenters. The first-order valence-electron chi connectivity index (χ1n) is 7.38. The van der Waals surface area contributed by atoms with Crippen molar-refractivity contribution in [2.75, 3.05) is 40.1 Å². The summed E-state index contributed by atoms with van der Waals surface area (Å²) in [6.07, 6.45) is -0.538. The molecule has 0 heterocycles. The second kappa shape index (κ2) is 10.6. The van der Waals surface area contributed by atoms with Gasteiger partial charge in [0, 0.05) is 24.8 Å². The number of hydrogen-bond acceptors (Lipinski definition) is 5. The molecule has 120 valence electrons. The summed E-state index contributed by atoms with van der Waals surface area (Å²) in [6.45, 7) is 6.51. The lowest BCUT2D eigenvalue weighted by Gasteiger charge is -2.19. The Bertz CT molecular complexity index is 386. The Morgan fingerprint density at radius 1 is 1.19 bits per heavy atom. The number of aliphatic hydroxyl groups is 1. The van der Waals surface area contributed by atoms with Crippen LogP contribution in [0.25, 0.3) is 0 Å². The van der Waals surface area contributed by atoms with Gasteiger partial charge in [-0.25, -0.2) is 0 Å². The monoisotopic (exact) mass is 297 g/mol. The average molecular weight is 297 g/mol. The molecule has 0 radical (unpaired) electrons. The van der Waals surface area contributed by atoms with Gasteiger partial charge in [-0.1, -0.05) is 18.2 Å². The van der Waals surface area contributed by atoms with Crippen molar-refractivity contribution >= 4 is 0 Å². The van der Waals surface area contributed by atoms with E-state index in [1.165, 1.54) is 0 Å². The van der Waals surface area contributed by atoms with Gasteiger partial charge < -0.3 is 24.6 Å². The van der Waals surface area contributed by atoms with Crippen LogP contribution in [-0.4, -0.2) is 51.3 Å². The average Bonchev–Trinajstić information content (AvgIpc) is 2.52. The summed E-state index contributed by atoms with van der Waals surface area (Å²) in [5.74, 6) is 0.847. The molecular formula is C16H27NO4. The molecule has 0 bridgehead atoms. The van der Waals surface area contributed by atoms with Gasteiger partial charge in [0.05, 0.1) is 33.0 Å². The fourth-order valence-electron chi connectivity index (χ4n) is 1.99. The summed E-state index contributed by atoms with van der Waals surface area (Å²) in [7, 11) is 1.66. The van der Waals surface area contributed by atoms with Crippen molar-refractivity contribution in [1.29, 1.82) is 0 Å². The smallest absolute Gasteiger partial charge is 0.123 e. The summed E-state index contributed by atoms with van der Waals surface area (Å²) >= 11 is 0. The largest absolute Gasteiger partial charge is 0.496 e. The van der Waals surface area contributed by atoms with Gasteiger partial charge >= 0.3 is 0 Å². The maximum atomic E-state index is 9.87. The van der Waals surface area contributed by atoms with Crippen molar-refractivity contribution in [3.63, 3.8) is 0 Å². The van der Waals surface area contributed by atoms with Crippen LogP contribution in [0.2, 0.25) is 0 Å². The highest BCUT2D eigenvalue weighted by atomic mass is 16.5. The number of rotatable bonds is 11. The summed E-state index contributed by atoms with van der Waals surface area (Å²) in [6, 6.07) is 7.96. The second-order valence-corrected chi connectivity index (χ2v) is 4.80. The molecule has 1 rings (SSSR count). The highest BCUT2D eigenvalue weighted by Crippen LogP contribution is 2.24. The van der Waals surface area contributed by atoms with E-state index in [-0.39, 0.29) is 6.04 Å². The molecule has 5 nitrogen and oxygen atoms in total. The van der Waals surface area contributed by atoms with E-state index in [0.29, 0.717) is 33.0 Å². The Hall–Kier alpha value is -1.14. The van der Waals surface area contributed by atoms with Crippen LogP contribution in [0.1, 0.15) is 25.5 Å². The fraction of sp³-hybridized carbons (Fsp3) is 0.625. The first kappa shape index (κ1) is 17.9. The lowest BCUT2D eigenvalue weighted by Crippen LogP contribution is -2.32. The van der Waals surface area contributed by atoms with Crippen LogP contribution in [0, 0.1) is 0 Å². The molecule has 0 aliphatic rings. The van der Waals surface area contributed by atoms with Crippen LogP contribution in [0.4, 0.5) is 0 Å². The van der Waals surface area contributed by atoms with E-state index in [1.54, 1.807) is 7.11 Å². The molecule has 0 saturated carbocycles. The minimum atomic E-state index is -0.538. The molecule has 0 spiro atoms. The Morgan fingerprint density at radius 2 is 1.90 bits per heavy atom. The number of para-hydroxylation sites is 1. The highest BCUT2D eigenvalue weighted by Gasteiger charge is 2.12.